The summed E-state index contributed by atoms with van der Waals surface area (Å²) in [5.74, 6) is 0.495. The van der Waals surface area contributed by atoms with E-state index in [1.54, 1.807) is 0 Å². The Bertz CT molecular complexity index is 788. The minimum Gasteiger partial charge on any atom is -0.391 e. The molecule has 0 spiro atoms. The molecule has 4 rings (SSSR count). The normalized spacial score (nSPS) is 22.5. The average molecular weight is 337 g/mol. The molecule has 0 saturated carbocycles. The summed E-state index contributed by atoms with van der Waals surface area (Å²) in [6.07, 6.45) is 12.9. The summed E-state index contributed by atoms with van der Waals surface area (Å²) >= 11 is 0. The third kappa shape index (κ3) is 3.19. The Hall–Kier alpha value is -2.20. The van der Waals surface area contributed by atoms with Crippen LogP contribution in [0.1, 0.15) is 29.8 Å². The monoisotopic (exact) mass is 337 g/mol. The van der Waals surface area contributed by atoms with Gasteiger partial charge in [-0.05, 0) is 36.2 Å². The fourth-order valence-electron chi connectivity index (χ4n) is 3.91. The molecule has 0 amide bonds. The fourth-order valence-corrected chi connectivity index (χ4v) is 3.91. The second-order valence-electron chi connectivity index (χ2n) is 6.86. The number of alkyl halides is 1. The van der Waals surface area contributed by atoms with Crippen molar-refractivity contribution in [3.05, 3.63) is 58.6 Å². The molecule has 3 aliphatic rings. The summed E-state index contributed by atoms with van der Waals surface area (Å²) in [7, 11) is 1.95. The van der Waals surface area contributed by atoms with Crippen LogP contribution >= 0.6 is 0 Å². The van der Waals surface area contributed by atoms with E-state index in [0.29, 0.717) is 12.5 Å². The minimum atomic E-state index is -0.276. The molecule has 1 aromatic heterocycles. The van der Waals surface area contributed by atoms with E-state index in [2.05, 4.69) is 52.7 Å². The summed E-state index contributed by atoms with van der Waals surface area (Å²) < 4.78 is 12.7. The number of hydrogen-bond acceptors (Lipinski definition) is 3. The topological polar surface area (TPSA) is 28.2 Å². The molecule has 3 nitrogen and oxygen atoms in total. The molecule has 0 radical (unpaired) electrons. The highest BCUT2D eigenvalue weighted by molar-refractivity contribution is 5.80. The Morgan fingerprint density at radius 3 is 3.08 bits per heavy atom. The second-order valence-corrected chi connectivity index (χ2v) is 6.86. The number of halogens is 1. The quantitative estimate of drug-likeness (QED) is 0.908. The number of rotatable bonds is 4. The number of aromatic nitrogens is 1. The summed E-state index contributed by atoms with van der Waals surface area (Å²) in [5.41, 5.74) is 6.98. The van der Waals surface area contributed by atoms with E-state index in [4.69, 9.17) is 4.98 Å². The summed E-state index contributed by atoms with van der Waals surface area (Å²) in [4.78, 5) is 7.16. The van der Waals surface area contributed by atoms with Crippen molar-refractivity contribution < 1.29 is 4.39 Å². The van der Waals surface area contributed by atoms with Crippen molar-refractivity contribution in [3.8, 4) is 0 Å². The van der Waals surface area contributed by atoms with Crippen LogP contribution in [0.25, 0.3) is 17.7 Å². The Kier molecular flexibility index (Phi) is 4.53. The van der Waals surface area contributed by atoms with Crippen molar-refractivity contribution in [1.29, 1.82) is 0 Å². The number of nitrogens with one attached hydrogen (secondary N) is 1. The molecule has 0 aromatic carbocycles. The third-order valence-electron chi connectivity index (χ3n) is 5.34. The van der Waals surface area contributed by atoms with Crippen molar-refractivity contribution in [2.75, 3.05) is 33.4 Å². The average Bonchev–Trinajstić information content (AvgIpc) is 2.93. The van der Waals surface area contributed by atoms with E-state index in [0.717, 1.165) is 42.9 Å². The number of fused-ring (bicyclic) bond motifs is 2. The van der Waals surface area contributed by atoms with Gasteiger partial charge in [-0.2, -0.15) is 0 Å². The Labute approximate surface area is 148 Å². The van der Waals surface area contributed by atoms with Crippen LogP contribution in [0.3, 0.4) is 0 Å². The first-order chi connectivity index (χ1) is 12.3. The number of hydrogen-bond donors (Lipinski definition) is 1. The van der Waals surface area contributed by atoms with E-state index in [1.165, 1.54) is 16.8 Å². The largest absolute Gasteiger partial charge is 0.391 e. The van der Waals surface area contributed by atoms with Gasteiger partial charge in [-0.25, -0.2) is 9.37 Å². The number of likely N-dealkylation sites (tertiary alicyclic amines) is 1. The van der Waals surface area contributed by atoms with Crippen molar-refractivity contribution in [2.24, 2.45) is 5.92 Å². The fraction of sp³-hybridized carbons (Fsp3) is 0.381. The van der Waals surface area contributed by atoms with Crippen molar-refractivity contribution in [2.45, 2.75) is 12.8 Å². The van der Waals surface area contributed by atoms with Gasteiger partial charge in [-0.3, -0.25) is 4.90 Å². The van der Waals surface area contributed by atoms with Crippen molar-refractivity contribution in [3.63, 3.8) is 0 Å². The lowest BCUT2D eigenvalue weighted by molar-refractivity contribution is 0.229. The van der Waals surface area contributed by atoms with E-state index >= 15 is 0 Å². The maximum Gasteiger partial charge on any atom is 0.102 e. The zero-order valence-electron chi connectivity index (χ0n) is 14.6. The molecule has 1 atom stereocenters. The lowest BCUT2D eigenvalue weighted by Crippen LogP contribution is -2.36. The third-order valence-corrected chi connectivity index (χ3v) is 5.34. The predicted molar refractivity (Wildman–Crippen MR) is 102 cm³/mol. The summed E-state index contributed by atoms with van der Waals surface area (Å²) in [5, 5.41) is 3.24. The zero-order valence-corrected chi connectivity index (χ0v) is 14.6. The molecule has 130 valence electrons. The Balaban J connectivity index is 1.70. The van der Waals surface area contributed by atoms with Gasteiger partial charge in [0.05, 0.1) is 11.4 Å². The molecular weight excluding hydrogens is 313 g/mol. The van der Waals surface area contributed by atoms with Crippen LogP contribution in [0.5, 0.6) is 0 Å². The van der Waals surface area contributed by atoms with Gasteiger partial charge in [-0.1, -0.05) is 30.4 Å². The standard InChI is InChI=1S/C21H24FN3/c1-23-17-4-2-3-16-6-8-20(24-21(16)13-17)18-7-5-15-9-11-25(12-10-22)14-19(15)18/h2-3,5-8,13,15,23H,4,9-12,14H2,1H3. The molecule has 1 aromatic rings. The van der Waals surface area contributed by atoms with Gasteiger partial charge in [-0.15, -0.1) is 0 Å². The molecule has 4 heteroatoms. The Morgan fingerprint density at radius 2 is 2.24 bits per heavy atom. The lowest BCUT2D eigenvalue weighted by atomic mass is 9.91. The SMILES string of the molecule is CNC1=Cc2nc(C3=C4CN(CCF)CCC4C=C3)ccc2C=CC1. The van der Waals surface area contributed by atoms with Gasteiger partial charge < -0.3 is 5.32 Å². The van der Waals surface area contributed by atoms with Gasteiger partial charge in [0, 0.05) is 43.7 Å². The molecule has 2 heterocycles. The summed E-state index contributed by atoms with van der Waals surface area (Å²) in [6, 6.07) is 4.27. The van der Waals surface area contributed by atoms with E-state index < -0.39 is 0 Å². The van der Waals surface area contributed by atoms with Gasteiger partial charge in [0.1, 0.15) is 6.67 Å². The molecule has 1 aliphatic heterocycles. The highest BCUT2D eigenvalue weighted by atomic mass is 19.1. The number of pyridine rings is 1. The van der Waals surface area contributed by atoms with Gasteiger partial charge in [0.15, 0.2) is 0 Å². The van der Waals surface area contributed by atoms with Crippen molar-refractivity contribution in [1.82, 2.24) is 15.2 Å². The molecule has 1 fully saturated rings. The maximum atomic E-state index is 12.7. The van der Waals surface area contributed by atoms with Crippen LogP contribution < -0.4 is 5.32 Å². The molecule has 2 aliphatic carbocycles. The molecule has 1 N–H and O–H groups in total. The second kappa shape index (κ2) is 6.96. The summed E-state index contributed by atoms with van der Waals surface area (Å²) in [6.45, 7) is 2.08. The van der Waals surface area contributed by atoms with Crippen LogP contribution in [0, 0.1) is 5.92 Å². The minimum absolute atomic E-state index is 0.276. The van der Waals surface area contributed by atoms with Crippen LogP contribution in [0.15, 0.2) is 41.6 Å². The van der Waals surface area contributed by atoms with Crippen molar-refractivity contribution >= 4 is 17.7 Å². The van der Waals surface area contributed by atoms with E-state index in [1.807, 2.05) is 7.05 Å². The number of piperidine rings is 1. The number of allylic oxidation sites excluding steroid dienone is 4. The number of nitrogens with zero attached hydrogens (tertiary/aromatic N) is 2. The van der Waals surface area contributed by atoms with Gasteiger partial charge >= 0.3 is 0 Å². The first-order valence-corrected chi connectivity index (χ1v) is 9.04. The molecular formula is C21H24FN3. The molecule has 1 saturated heterocycles. The van der Waals surface area contributed by atoms with Crippen LogP contribution in [0.2, 0.25) is 0 Å². The van der Waals surface area contributed by atoms with Gasteiger partial charge in [0.25, 0.3) is 0 Å². The van der Waals surface area contributed by atoms with E-state index in [-0.39, 0.29) is 6.67 Å². The molecule has 25 heavy (non-hydrogen) atoms. The first-order valence-electron chi connectivity index (χ1n) is 9.04. The Morgan fingerprint density at radius 1 is 1.32 bits per heavy atom. The predicted octanol–water partition coefficient (Wildman–Crippen LogP) is 3.67. The molecule has 1 unspecified atom stereocenters. The molecule has 0 bridgehead atoms. The maximum absolute atomic E-state index is 12.7. The highest BCUT2D eigenvalue weighted by Gasteiger charge is 2.28. The smallest absolute Gasteiger partial charge is 0.102 e. The highest BCUT2D eigenvalue weighted by Crippen LogP contribution is 2.37. The van der Waals surface area contributed by atoms with Gasteiger partial charge in [0.2, 0.25) is 0 Å². The lowest BCUT2D eigenvalue weighted by Gasteiger charge is -2.31. The first kappa shape index (κ1) is 16.3. The van der Waals surface area contributed by atoms with Crippen LogP contribution in [-0.2, 0) is 0 Å². The van der Waals surface area contributed by atoms with E-state index in [9.17, 15) is 4.39 Å². The van der Waals surface area contributed by atoms with Crippen LogP contribution in [-0.4, -0.2) is 43.2 Å². The zero-order chi connectivity index (χ0) is 17.2. The van der Waals surface area contributed by atoms with Crippen LogP contribution in [0.4, 0.5) is 4.39 Å².